The Morgan fingerprint density at radius 2 is 1.69 bits per heavy atom. The number of hydrogen-bond donors (Lipinski definition) is 1. The molecule has 2 nitrogen and oxygen atoms in total. The van der Waals surface area contributed by atoms with Crippen LogP contribution in [-0.4, -0.2) is 11.1 Å². The van der Waals surface area contributed by atoms with Crippen molar-refractivity contribution in [1.82, 2.24) is 0 Å². The summed E-state index contributed by atoms with van der Waals surface area (Å²) in [6, 6.07) is 1.39. The average molecular weight is 226 g/mol. The smallest absolute Gasteiger partial charge is 0.314 e. The first-order chi connectivity index (χ1) is 7.40. The highest BCUT2D eigenvalue weighted by atomic mass is 19.1. The summed E-state index contributed by atoms with van der Waals surface area (Å²) in [4.78, 5) is 11.1. The van der Waals surface area contributed by atoms with Crippen molar-refractivity contribution in [3.8, 4) is 0 Å². The Bertz CT molecular complexity index is 450. The number of halogens is 2. The molecule has 16 heavy (non-hydrogen) atoms. The van der Waals surface area contributed by atoms with Crippen LogP contribution >= 0.6 is 0 Å². The minimum Gasteiger partial charge on any atom is -0.481 e. The molecule has 1 aliphatic rings. The quantitative estimate of drug-likeness (QED) is 0.841. The number of carbonyl (C=O) groups is 1. The number of hydrogen-bond acceptors (Lipinski definition) is 1. The first-order valence-corrected chi connectivity index (χ1v) is 5.09. The summed E-state index contributed by atoms with van der Waals surface area (Å²) >= 11 is 0. The molecule has 0 radical (unpaired) electrons. The molecule has 1 saturated carbocycles. The van der Waals surface area contributed by atoms with Gasteiger partial charge in [-0.3, -0.25) is 4.79 Å². The van der Waals surface area contributed by atoms with E-state index in [1.165, 1.54) is 19.9 Å². The predicted molar refractivity (Wildman–Crippen MR) is 54.4 cm³/mol. The van der Waals surface area contributed by atoms with E-state index in [-0.39, 0.29) is 5.56 Å². The fourth-order valence-electron chi connectivity index (χ4n) is 2.06. The largest absolute Gasteiger partial charge is 0.481 e. The van der Waals surface area contributed by atoms with Crippen LogP contribution in [0, 0.1) is 25.5 Å². The Morgan fingerprint density at radius 3 is 2.00 bits per heavy atom. The van der Waals surface area contributed by atoms with Gasteiger partial charge in [0, 0.05) is 5.56 Å². The molecule has 1 N–H and O–H groups in total. The van der Waals surface area contributed by atoms with Gasteiger partial charge in [-0.2, -0.15) is 0 Å². The normalized spacial score (nSPS) is 17.2. The van der Waals surface area contributed by atoms with Crippen molar-refractivity contribution >= 4 is 5.97 Å². The zero-order chi connectivity index (χ0) is 12.1. The third kappa shape index (κ3) is 1.32. The van der Waals surface area contributed by atoms with Crippen LogP contribution in [0.25, 0.3) is 0 Å². The fraction of sp³-hybridized carbons (Fsp3) is 0.417. The number of carboxylic acid groups (broad SMARTS) is 1. The molecule has 86 valence electrons. The molecule has 4 heteroatoms. The van der Waals surface area contributed by atoms with E-state index >= 15 is 0 Å². The van der Waals surface area contributed by atoms with E-state index in [2.05, 4.69) is 0 Å². The van der Waals surface area contributed by atoms with Crippen LogP contribution in [0.15, 0.2) is 6.07 Å². The van der Waals surface area contributed by atoms with Gasteiger partial charge in [0.1, 0.15) is 11.6 Å². The van der Waals surface area contributed by atoms with Crippen molar-refractivity contribution in [2.45, 2.75) is 32.1 Å². The molecule has 0 unspecified atom stereocenters. The SMILES string of the molecule is Cc1cc(C)c(F)c(C2(C(=O)O)CC2)c1F. The van der Waals surface area contributed by atoms with Gasteiger partial charge < -0.3 is 5.11 Å². The highest BCUT2D eigenvalue weighted by Gasteiger charge is 2.55. The first-order valence-electron chi connectivity index (χ1n) is 5.09. The van der Waals surface area contributed by atoms with E-state index in [1.54, 1.807) is 0 Å². The van der Waals surface area contributed by atoms with Crippen LogP contribution in [0.5, 0.6) is 0 Å². The molecular formula is C12H12F2O2. The second kappa shape index (κ2) is 3.27. The second-order valence-electron chi connectivity index (χ2n) is 4.40. The standard InChI is InChI=1S/C12H12F2O2/c1-6-5-7(2)10(14)8(9(6)13)12(3-4-12)11(15)16/h5H,3-4H2,1-2H3,(H,15,16). The van der Waals surface area contributed by atoms with E-state index in [0.717, 1.165) is 0 Å². The van der Waals surface area contributed by atoms with Gasteiger partial charge in [0.25, 0.3) is 0 Å². The lowest BCUT2D eigenvalue weighted by Crippen LogP contribution is -2.23. The maximum atomic E-state index is 13.8. The Kier molecular flexibility index (Phi) is 2.26. The van der Waals surface area contributed by atoms with Crippen molar-refractivity contribution in [3.05, 3.63) is 34.4 Å². The third-order valence-electron chi connectivity index (χ3n) is 3.20. The molecule has 0 atom stereocenters. The van der Waals surface area contributed by atoms with E-state index < -0.39 is 23.0 Å². The summed E-state index contributed by atoms with van der Waals surface area (Å²) in [7, 11) is 0. The van der Waals surface area contributed by atoms with Crippen LogP contribution in [0.4, 0.5) is 8.78 Å². The molecule has 0 aromatic heterocycles. The molecule has 0 heterocycles. The lowest BCUT2D eigenvalue weighted by Gasteiger charge is -2.15. The van der Waals surface area contributed by atoms with Crippen LogP contribution < -0.4 is 0 Å². The van der Waals surface area contributed by atoms with Gasteiger partial charge in [-0.25, -0.2) is 8.78 Å². The van der Waals surface area contributed by atoms with Gasteiger partial charge in [-0.05, 0) is 37.8 Å². The Labute approximate surface area is 91.9 Å². The predicted octanol–water partition coefficient (Wildman–Crippen LogP) is 2.70. The Balaban J connectivity index is 2.70. The summed E-state index contributed by atoms with van der Waals surface area (Å²) in [5, 5.41) is 9.05. The molecule has 1 aromatic carbocycles. The average Bonchev–Trinajstić information content (AvgIpc) is 2.97. The van der Waals surface area contributed by atoms with E-state index in [1.807, 2.05) is 0 Å². The first kappa shape index (κ1) is 11.0. The van der Waals surface area contributed by atoms with Gasteiger partial charge in [-0.15, -0.1) is 0 Å². The maximum Gasteiger partial charge on any atom is 0.314 e. The van der Waals surface area contributed by atoms with Crippen molar-refractivity contribution < 1.29 is 18.7 Å². The Hall–Kier alpha value is -1.45. The van der Waals surface area contributed by atoms with E-state index in [0.29, 0.717) is 24.0 Å². The lowest BCUT2D eigenvalue weighted by atomic mass is 9.91. The summed E-state index contributed by atoms with van der Waals surface area (Å²) in [6.07, 6.45) is 0.609. The van der Waals surface area contributed by atoms with Gasteiger partial charge in [0.15, 0.2) is 0 Å². The second-order valence-corrected chi connectivity index (χ2v) is 4.40. The lowest BCUT2D eigenvalue weighted by molar-refractivity contribution is -0.140. The van der Waals surface area contributed by atoms with Crippen molar-refractivity contribution in [2.24, 2.45) is 0 Å². The third-order valence-corrected chi connectivity index (χ3v) is 3.20. The fourth-order valence-corrected chi connectivity index (χ4v) is 2.06. The highest BCUT2D eigenvalue weighted by molar-refractivity contribution is 5.85. The van der Waals surface area contributed by atoms with Crippen molar-refractivity contribution in [3.63, 3.8) is 0 Å². The molecule has 1 fully saturated rings. The number of aliphatic carboxylic acids is 1. The maximum absolute atomic E-state index is 13.8. The highest BCUT2D eigenvalue weighted by Crippen LogP contribution is 2.50. The summed E-state index contributed by atoms with van der Waals surface area (Å²) in [5.41, 5.74) is -1.01. The molecule has 0 aliphatic heterocycles. The molecule has 2 rings (SSSR count). The Morgan fingerprint density at radius 1 is 1.25 bits per heavy atom. The molecule has 0 saturated heterocycles. The molecule has 0 spiro atoms. The number of benzene rings is 1. The molecule has 1 aromatic rings. The number of rotatable bonds is 2. The van der Waals surface area contributed by atoms with Gasteiger partial charge >= 0.3 is 5.97 Å². The van der Waals surface area contributed by atoms with Crippen LogP contribution in [0.3, 0.4) is 0 Å². The van der Waals surface area contributed by atoms with Gasteiger partial charge in [0.2, 0.25) is 0 Å². The van der Waals surface area contributed by atoms with E-state index in [4.69, 9.17) is 5.11 Å². The van der Waals surface area contributed by atoms with E-state index in [9.17, 15) is 13.6 Å². The van der Waals surface area contributed by atoms with Gasteiger partial charge in [-0.1, -0.05) is 6.07 Å². The molecule has 0 bridgehead atoms. The molecular weight excluding hydrogens is 214 g/mol. The topological polar surface area (TPSA) is 37.3 Å². The summed E-state index contributed by atoms with van der Waals surface area (Å²) in [5.74, 6) is -2.58. The summed E-state index contributed by atoms with van der Waals surface area (Å²) in [6.45, 7) is 3.03. The minimum absolute atomic E-state index is 0.266. The van der Waals surface area contributed by atoms with Gasteiger partial charge in [0.05, 0.1) is 5.41 Å². The van der Waals surface area contributed by atoms with Crippen LogP contribution in [-0.2, 0) is 10.2 Å². The number of aryl methyl sites for hydroxylation is 2. The number of carboxylic acids is 1. The zero-order valence-electron chi connectivity index (χ0n) is 9.10. The summed E-state index contributed by atoms with van der Waals surface area (Å²) < 4.78 is 27.7. The zero-order valence-corrected chi connectivity index (χ0v) is 9.10. The minimum atomic E-state index is -1.33. The van der Waals surface area contributed by atoms with Crippen LogP contribution in [0.2, 0.25) is 0 Å². The molecule has 0 amide bonds. The van der Waals surface area contributed by atoms with Crippen molar-refractivity contribution in [1.29, 1.82) is 0 Å². The molecule has 1 aliphatic carbocycles. The monoisotopic (exact) mass is 226 g/mol. The van der Waals surface area contributed by atoms with Crippen molar-refractivity contribution in [2.75, 3.05) is 0 Å². The van der Waals surface area contributed by atoms with Crippen LogP contribution in [0.1, 0.15) is 29.5 Å².